The summed E-state index contributed by atoms with van der Waals surface area (Å²) in [6.45, 7) is 2.70. The van der Waals surface area contributed by atoms with Crippen molar-refractivity contribution in [2.45, 2.75) is 19.8 Å². The molecule has 1 aromatic carbocycles. The standard InChI is InChI=1S/C14H19NO5/c1-2-19-10-13(16)15-11-5-7-12(8-6-11)20-9-3-4-14(17)18/h5-8H,2-4,9-10H2,1H3,(H,15,16)(H,17,18). The van der Waals surface area contributed by atoms with Gasteiger partial charge in [0.1, 0.15) is 12.4 Å². The van der Waals surface area contributed by atoms with Crippen LogP contribution in [0.5, 0.6) is 5.75 Å². The second-order valence-corrected chi connectivity index (χ2v) is 4.06. The molecule has 6 nitrogen and oxygen atoms in total. The van der Waals surface area contributed by atoms with Gasteiger partial charge in [-0.2, -0.15) is 0 Å². The van der Waals surface area contributed by atoms with Crippen LogP contribution in [0.25, 0.3) is 0 Å². The van der Waals surface area contributed by atoms with E-state index in [1.165, 1.54) is 0 Å². The third kappa shape index (κ3) is 6.75. The Labute approximate surface area is 117 Å². The zero-order chi connectivity index (χ0) is 14.8. The molecule has 0 spiro atoms. The van der Waals surface area contributed by atoms with Gasteiger partial charge in [0, 0.05) is 18.7 Å². The van der Waals surface area contributed by atoms with Crippen LogP contribution in [-0.2, 0) is 14.3 Å². The van der Waals surface area contributed by atoms with E-state index in [0.29, 0.717) is 31.1 Å². The summed E-state index contributed by atoms with van der Waals surface area (Å²) in [6.07, 6.45) is 0.549. The third-order valence-corrected chi connectivity index (χ3v) is 2.38. The van der Waals surface area contributed by atoms with Crippen molar-refractivity contribution in [3.05, 3.63) is 24.3 Å². The van der Waals surface area contributed by atoms with Crippen LogP contribution in [0.2, 0.25) is 0 Å². The lowest BCUT2D eigenvalue weighted by Gasteiger charge is -2.08. The summed E-state index contributed by atoms with van der Waals surface area (Å²) in [5, 5.41) is 11.2. The molecule has 0 saturated heterocycles. The predicted molar refractivity (Wildman–Crippen MR) is 73.9 cm³/mol. The lowest BCUT2D eigenvalue weighted by Crippen LogP contribution is -2.18. The van der Waals surface area contributed by atoms with Crippen molar-refractivity contribution >= 4 is 17.6 Å². The molecule has 0 fully saturated rings. The lowest BCUT2D eigenvalue weighted by molar-refractivity contribution is -0.137. The number of nitrogens with one attached hydrogen (secondary N) is 1. The van der Waals surface area contributed by atoms with Gasteiger partial charge in [-0.3, -0.25) is 9.59 Å². The van der Waals surface area contributed by atoms with Crippen molar-refractivity contribution in [2.24, 2.45) is 0 Å². The molecule has 1 amide bonds. The van der Waals surface area contributed by atoms with E-state index in [1.807, 2.05) is 6.92 Å². The first-order chi connectivity index (χ1) is 9.61. The predicted octanol–water partition coefficient (Wildman–Crippen LogP) is 1.91. The van der Waals surface area contributed by atoms with Crippen molar-refractivity contribution in [3.8, 4) is 5.75 Å². The number of ether oxygens (including phenoxy) is 2. The van der Waals surface area contributed by atoms with Crippen LogP contribution in [0.1, 0.15) is 19.8 Å². The number of hydrogen-bond acceptors (Lipinski definition) is 4. The largest absolute Gasteiger partial charge is 0.494 e. The zero-order valence-electron chi connectivity index (χ0n) is 11.4. The quantitative estimate of drug-likeness (QED) is 0.675. The van der Waals surface area contributed by atoms with Gasteiger partial charge in [-0.1, -0.05) is 0 Å². The molecule has 2 N–H and O–H groups in total. The number of anilines is 1. The van der Waals surface area contributed by atoms with E-state index in [2.05, 4.69) is 5.32 Å². The molecule has 0 unspecified atom stereocenters. The maximum Gasteiger partial charge on any atom is 0.303 e. The first-order valence-electron chi connectivity index (χ1n) is 6.44. The average molecular weight is 281 g/mol. The molecule has 0 radical (unpaired) electrons. The van der Waals surface area contributed by atoms with Gasteiger partial charge >= 0.3 is 5.97 Å². The molecule has 1 rings (SSSR count). The first-order valence-corrected chi connectivity index (χ1v) is 6.44. The van der Waals surface area contributed by atoms with E-state index in [1.54, 1.807) is 24.3 Å². The fraction of sp³-hybridized carbons (Fsp3) is 0.429. The molecule has 0 aliphatic carbocycles. The maximum atomic E-state index is 11.4. The van der Waals surface area contributed by atoms with E-state index in [-0.39, 0.29) is 18.9 Å². The Kier molecular flexibility index (Phi) is 7.13. The number of aliphatic carboxylic acids is 1. The molecule has 0 aliphatic rings. The summed E-state index contributed by atoms with van der Waals surface area (Å²) in [5.41, 5.74) is 0.660. The second kappa shape index (κ2) is 8.92. The highest BCUT2D eigenvalue weighted by molar-refractivity contribution is 5.91. The molecule has 0 atom stereocenters. The van der Waals surface area contributed by atoms with Crippen LogP contribution in [0, 0.1) is 0 Å². The van der Waals surface area contributed by atoms with Crippen molar-refractivity contribution in [3.63, 3.8) is 0 Å². The number of hydrogen-bond donors (Lipinski definition) is 2. The number of rotatable bonds is 9. The normalized spacial score (nSPS) is 10.1. The van der Waals surface area contributed by atoms with E-state index >= 15 is 0 Å². The van der Waals surface area contributed by atoms with Crippen LogP contribution in [0.15, 0.2) is 24.3 Å². The number of benzene rings is 1. The molecule has 110 valence electrons. The molecule has 0 aromatic heterocycles. The van der Waals surface area contributed by atoms with Gasteiger partial charge in [0.05, 0.1) is 6.61 Å². The van der Waals surface area contributed by atoms with Gasteiger partial charge in [-0.15, -0.1) is 0 Å². The molecule has 0 saturated carbocycles. The topological polar surface area (TPSA) is 84.9 Å². The minimum absolute atomic E-state index is 0.0317. The van der Waals surface area contributed by atoms with Gasteiger partial charge in [0.15, 0.2) is 0 Å². The molecular formula is C14H19NO5. The summed E-state index contributed by atoms with van der Waals surface area (Å²) in [6, 6.07) is 6.88. The Balaban J connectivity index is 2.32. The molecule has 0 heterocycles. The molecule has 6 heteroatoms. The van der Waals surface area contributed by atoms with Gasteiger partial charge in [-0.05, 0) is 37.6 Å². The molecule has 20 heavy (non-hydrogen) atoms. The number of amides is 1. The van der Waals surface area contributed by atoms with Crippen LogP contribution in [0.3, 0.4) is 0 Å². The van der Waals surface area contributed by atoms with Crippen molar-refractivity contribution in [1.29, 1.82) is 0 Å². The van der Waals surface area contributed by atoms with Gasteiger partial charge in [0.2, 0.25) is 5.91 Å². The minimum atomic E-state index is -0.832. The number of carboxylic acid groups (broad SMARTS) is 1. The van der Waals surface area contributed by atoms with Crippen molar-refractivity contribution < 1.29 is 24.2 Å². The van der Waals surface area contributed by atoms with Gasteiger partial charge in [0.25, 0.3) is 0 Å². The molecule has 0 bridgehead atoms. The van der Waals surface area contributed by atoms with Crippen molar-refractivity contribution in [2.75, 3.05) is 25.1 Å². The summed E-state index contributed by atoms with van der Waals surface area (Å²) >= 11 is 0. The molecule has 0 aliphatic heterocycles. The smallest absolute Gasteiger partial charge is 0.303 e. The Morgan fingerprint density at radius 2 is 1.95 bits per heavy atom. The monoisotopic (exact) mass is 281 g/mol. The number of carbonyl (C=O) groups excluding carboxylic acids is 1. The number of carbonyl (C=O) groups is 2. The van der Waals surface area contributed by atoms with E-state index < -0.39 is 5.97 Å². The first kappa shape index (κ1) is 16.0. The Hall–Kier alpha value is -2.08. The Bertz CT molecular complexity index is 430. The highest BCUT2D eigenvalue weighted by Gasteiger charge is 2.02. The fourth-order valence-electron chi connectivity index (χ4n) is 1.44. The zero-order valence-corrected chi connectivity index (χ0v) is 11.4. The van der Waals surface area contributed by atoms with E-state index in [4.69, 9.17) is 14.6 Å². The summed E-state index contributed by atoms with van der Waals surface area (Å²) in [4.78, 5) is 21.7. The second-order valence-electron chi connectivity index (χ2n) is 4.06. The summed E-state index contributed by atoms with van der Waals surface area (Å²) in [7, 11) is 0. The molecule has 1 aromatic rings. The van der Waals surface area contributed by atoms with Crippen LogP contribution in [-0.4, -0.2) is 36.8 Å². The fourth-order valence-corrected chi connectivity index (χ4v) is 1.44. The third-order valence-electron chi connectivity index (χ3n) is 2.38. The van der Waals surface area contributed by atoms with Gasteiger partial charge in [-0.25, -0.2) is 0 Å². The number of carboxylic acids is 1. The Morgan fingerprint density at radius 1 is 1.25 bits per heavy atom. The van der Waals surface area contributed by atoms with Crippen LogP contribution in [0.4, 0.5) is 5.69 Å². The van der Waals surface area contributed by atoms with Crippen molar-refractivity contribution in [1.82, 2.24) is 0 Å². The molecular weight excluding hydrogens is 262 g/mol. The average Bonchev–Trinajstić information content (AvgIpc) is 2.43. The highest BCUT2D eigenvalue weighted by Crippen LogP contribution is 2.16. The summed E-state index contributed by atoms with van der Waals surface area (Å²) < 4.78 is 10.4. The minimum Gasteiger partial charge on any atom is -0.494 e. The summed E-state index contributed by atoms with van der Waals surface area (Å²) in [5.74, 6) is -0.402. The Morgan fingerprint density at radius 3 is 2.55 bits per heavy atom. The SMILES string of the molecule is CCOCC(=O)Nc1ccc(OCCCC(=O)O)cc1. The van der Waals surface area contributed by atoms with Crippen LogP contribution < -0.4 is 10.1 Å². The maximum absolute atomic E-state index is 11.4. The van der Waals surface area contributed by atoms with Gasteiger partial charge < -0.3 is 19.9 Å². The lowest BCUT2D eigenvalue weighted by atomic mass is 10.3. The van der Waals surface area contributed by atoms with E-state index in [0.717, 1.165) is 0 Å². The highest BCUT2D eigenvalue weighted by atomic mass is 16.5. The van der Waals surface area contributed by atoms with E-state index in [9.17, 15) is 9.59 Å². The van der Waals surface area contributed by atoms with Crippen LogP contribution >= 0.6 is 0 Å².